The molecule has 0 atom stereocenters. The number of aryl methyl sites for hydroxylation is 1. The number of ether oxygens (including phenoxy) is 3. The Balaban J connectivity index is 1.63. The van der Waals surface area contributed by atoms with Crippen molar-refractivity contribution in [3.63, 3.8) is 0 Å². The Hall–Kier alpha value is -3.94. The van der Waals surface area contributed by atoms with Crippen molar-refractivity contribution in [2.24, 2.45) is 5.92 Å². The number of carbonyl (C=O) groups is 2. The highest BCUT2D eigenvalue weighted by Crippen LogP contribution is 2.37. The second-order valence-corrected chi connectivity index (χ2v) is 10.9. The lowest BCUT2D eigenvalue weighted by Crippen LogP contribution is -2.38. The third-order valence-electron chi connectivity index (χ3n) is 7.50. The molecule has 8 heteroatoms. The number of hydrogen-bond acceptors (Lipinski definition) is 5. The van der Waals surface area contributed by atoms with Gasteiger partial charge in [0.25, 0.3) is 0 Å². The number of hydrogen-bond donors (Lipinski definition) is 0. The lowest BCUT2D eigenvalue weighted by molar-refractivity contribution is -0.207. The van der Waals surface area contributed by atoms with Gasteiger partial charge in [-0.3, -0.25) is 9.69 Å². The molecule has 0 unspecified atom stereocenters. The van der Waals surface area contributed by atoms with E-state index in [0.29, 0.717) is 24.4 Å². The molecule has 1 saturated carbocycles. The summed E-state index contributed by atoms with van der Waals surface area (Å²) in [5.41, 5.74) is 3.15. The van der Waals surface area contributed by atoms with Gasteiger partial charge in [-0.25, -0.2) is 4.79 Å². The molecule has 0 radical (unpaired) electrons. The number of carbonyl (C=O) groups excluding carboxylic acids is 2. The Kier molecular flexibility index (Phi) is 10.6. The summed E-state index contributed by atoms with van der Waals surface area (Å²) in [5.74, 6) is -2.13. The van der Waals surface area contributed by atoms with Crippen molar-refractivity contribution in [2.45, 2.75) is 71.0 Å². The zero-order valence-electron chi connectivity index (χ0n) is 24.5. The molecule has 1 amide bonds. The zero-order valence-corrected chi connectivity index (χ0v) is 24.5. The summed E-state index contributed by atoms with van der Waals surface area (Å²) in [6.45, 7) is 3.09. The van der Waals surface area contributed by atoms with E-state index in [-0.39, 0.29) is 11.9 Å². The molecule has 1 aliphatic carbocycles. The topological polar surface area (TPSA) is 65.1 Å². The maximum atomic E-state index is 14.1. The molecule has 3 aromatic carbocycles. The first-order valence-corrected chi connectivity index (χ1v) is 14.6. The first-order chi connectivity index (χ1) is 20.2. The maximum absolute atomic E-state index is 14.1. The van der Waals surface area contributed by atoms with Crippen LogP contribution in [0, 0.1) is 5.92 Å². The predicted molar refractivity (Wildman–Crippen MR) is 159 cm³/mol. The van der Waals surface area contributed by atoms with Gasteiger partial charge < -0.3 is 14.2 Å². The highest BCUT2D eigenvalue weighted by molar-refractivity contribution is 6.38. The van der Waals surface area contributed by atoms with E-state index in [4.69, 9.17) is 14.2 Å². The van der Waals surface area contributed by atoms with Crippen LogP contribution in [0.15, 0.2) is 72.8 Å². The number of alkyl halides is 2. The Morgan fingerprint density at radius 1 is 0.929 bits per heavy atom. The summed E-state index contributed by atoms with van der Waals surface area (Å²) >= 11 is 0. The molecular formula is C34H39F2NO5. The third-order valence-corrected chi connectivity index (χ3v) is 7.50. The molecular weight excluding hydrogens is 540 g/mol. The summed E-state index contributed by atoms with van der Waals surface area (Å²) < 4.78 is 44.3. The zero-order chi connectivity index (χ0) is 30.1. The Bertz CT molecular complexity index is 1320. The number of amides is 1. The van der Waals surface area contributed by atoms with Crippen LogP contribution in [0.2, 0.25) is 0 Å². The van der Waals surface area contributed by atoms with Crippen molar-refractivity contribution < 1.29 is 32.6 Å². The highest BCUT2D eigenvalue weighted by atomic mass is 19.3. The molecule has 224 valence electrons. The molecule has 42 heavy (non-hydrogen) atoms. The molecule has 1 fully saturated rings. The SMILES string of the molecule is COC(=O)C(=O)N(CCCCc1ccccc1)c1cc(-c2ccc(OC(F)(F)C(C)C)cc2)ccc1OC1CCCC1. The second-order valence-electron chi connectivity index (χ2n) is 10.9. The van der Waals surface area contributed by atoms with Crippen LogP contribution in [0.5, 0.6) is 11.5 Å². The summed E-state index contributed by atoms with van der Waals surface area (Å²) in [6, 6.07) is 21.9. The molecule has 4 rings (SSSR count). The van der Waals surface area contributed by atoms with Crippen LogP contribution in [-0.4, -0.2) is 37.7 Å². The van der Waals surface area contributed by atoms with Crippen LogP contribution in [0.1, 0.15) is 57.9 Å². The average Bonchev–Trinajstić information content (AvgIpc) is 3.51. The van der Waals surface area contributed by atoms with E-state index in [1.165, 1.54) is 43.6 Å². The number of rotatable bonds is 12. The Morgan fingerprint density at radius 3 is 2.24 bits per heavy atom. The molecule has 0 aliphatic heterocycles. The van der Waals surface area contributed by atoms with E-state index in [1.54, 1.807) is 18.2 Å². The normalized spacial score (nSPS) is 13.7. The van der Waals surface area contributed by atoms with E-state index in [9.17, 15) is 18.4 Å². The molecule has 0 heterocycles. The average molecular weight is 580 g/mol. The van der Waals surface area contributed by atoms with Crippen molar-refractivity contribution >= 4 is 17.6 Å². The molecule has 3 aromatic rings. The van der Waals surface area contributed by atoms with Crippen LogP contribution in [0.3, 0.4) is 0 Å². The van der Waals surface area contributed by atoms with Crippen molar-refractivity contribution in [1.29, 1.82) is 0 Å². The van der Waals surface area contributed by atoms with E-state index >= 15 is 0 Å². The van der Waals surface area contributed by atoms with Gasteiger partial charge in [-0.05, 0) is 85.9 Å². The standard InChI is InChI=1S/C34H39F2NO5/c1-24(2)34(35,36)42-29-19-16-26(17-20-29)27-18-21-31(41-28-14-7-8-15-28)30(23-27)37(32(38)33(39)40-3)22-10-9-13-25-11-5-4-6-12-25/h4-6,11-12,16-21,23-24,28H,7-10,13-15,22H2,1-3H3. The molecule has 1 aliphatic rings. The largest absolute Gasteiger partial charge is 0.488 e. The van der Waals surface area contributed by atoms with E-state index in [2.05, 4.69) is 12.1 Å². The third kappa shape index (κ3) is 8.08. The lowest BCUT2D eigenvalue weighted by atomic mass is 10.0. The first-order valence-electron chi connectivity index (χ1n) is 14.6. The van der Waals surface area contributed by atoms with Crippen molar-refractivity contribution in [3.05, 3.63) is 78.4 Å². The van der Waals surface area contributed by atoms with Crippen LogP contribution < -0.4 is 14.4 Å². The van der Waals surface area contributed by atoms with Gasteiger partial charge in [0, 0.05) is 6.54 Å². The van der Waals surface area contributed by atoms with Gasteiger partial charge in [-0.2, -0.15) is 8.78 Å². The van der Waals surface area contributed by atoms with Crippen molar-refractivity contribution in [1.82, 2.24) is 0 Å². The number of halogens is 2. The minimum atomic E-state index is -3.29. The molecule has 0 aromatic heterocycles. The minimum Gasteiger partial charge on any atom is -0.488 e. The number of methoxy groups -OCH3 is 1. The predicted octanol–water partition coefficient (Wildman–Crippen LogP) is 7.83. The fraction of sp³-hybridized carbons (Fsp3) is 0.412. The van der Waals surface area contributed by atoms with Gasteiger partial charge >= 0.3 is 18.0 Å². The number of esters is 1. The fourth-order valence-electron chi connectivity index (χ4n) is 4.96. The van der Waals surface area contributed by atoms with Crippen molar-refractivity contribution in [2.75, 3.05) is 18.6 Å². The summed E-state index contributed by atoms with van der Waals surface area (Å²) in [4.78, 5) is 27.2. The van der Waals surface area contributed by atoms with Crippen molar-refractivity contribution in [3.8, 4) is 22.6 Å². The summed E-state index contributed by atoms with van der Waals surface area (Å²) in [5, 5.41) is 0. The molecule has 0 bridgehead atoms. The Morgan fingerprint density at radius 2 is 1.60 bits per heavy atom. The summed E-state index contributed by atoms with van der Waals surface area (Å²) in [7, 11) is 1.19. The molecule has 0 N–H and O–H groups in total. The van der Waals surface area contributed by atoms with E-state index < -0.39 is 23.9 Å². The van der Waals surface area contributed by atoms with E-state index in [1.807, 2.05) is 30.3 Å². The Labute approximate surface area is 246 Å². The van der Waals surface area contributed by atoms with Crippen LogP contribution in [0.4, 0.5) is 14.5 Å². The second kappa shape index (κ2) is 14.3. The van der Waals surface area contributed by atoms with Gasteiger partial charge in [-0.1, -0.05) is 62.4 Å². The van der Waals surface area contributed by atoms with Gasteiger partial charge in [0.05, 0.1) is 24.8 Å². The first kappa shape index (κ1) is 31.0. The quantitative estimate of drug-likeness (QED) is 0.124. The molecule has 0 spiro atoms. The van der Waals surface area contributed by atoms with Gasteiger partial charge in [0.1, 0.15) is 11.5 Å². The fourth-order valence-corrected chi connectivity index (χ4v) is 4.96. The van der Waals surface area contributed by atoms with E-state index in [0.717, 1.165) is 49.7 Å². The van der Waals surface area contributed by atoms with Gasteiger partial charge in [-0.15, -0.1) is 0 Å². The molecule has 6 nitrogen and oxygen atoms in total. The number of benzene rings is 3. The number of nitrogens with zero attached hydrogens (tertiary/aromatic N) is 1. The summed E-state index contributed by atoms with van der Waals surface area (Å²) in [6.07, 6.45) is 3.05. The van der Waals surface area contributed by atoms with Crippen LogP contribution >= 0.6 is 0 Å². The monoisotopic (exact) mass is 579 g/mol. The van der Waals surface area contributed by atoms with Gasteiger partial charge in [0.2, 0.25) is 0 Å². The highest BCUT2D eigenvalue weighted by Gasteiger charge is 2.36. The molecule has 0 saturated heterocycles. The smallest absolute Gasteiger partial charge is 0.400 e. The number of anilines is 1. The minimum absolute atomic E-state index is 0.0295. The maximum Gasteiger partial charge on any atom is 0.400 e. The van der Waals surface area contributed by atoms with Crippen LogP contribution in [-0.2, 0) is 20.7 Å². The van der Waals surface area contributed by atoms with Gasteiger partial charge in [0.15, 0.2) is 0 Å². The lowest BCUT2D eigenvalue weighted by Gasteiger charge is -2.26. The number of unbranched alkanes of at least 4 members (excludes halogenated alkanes) is 1. The van der Waals surface area contributed by atoms with Crippen LogP contribution in [0.25, 0.3) is 11.1 Å².